The van der Waals surface area contributed by atoms with Crippen LogP contribution in [0.3, 0.4) is 0 Å². The largest absolute Gasteiger partial charge is 0.350 e. The Kier molecular flexibility index (Phi) is 6.78. The molecule has 0 fully saturated rings. The quantitative estimate of drug-likeness (QED) is 0.705. The number of carbonyl (C=O) groups excluding carboxylic acids is 1. The van der Waals surface area contributed by atoms with E-state index >= 15 is 0 Å². The molecule has 1 amide bonds. The first-order chi connectivity index (χ1) is 12.6. The van der Waals surface area contributed by atoms with E-state index in [0.29, 0.717) is 6.42 Å². The lowest BCUT2D eigenvalue weighted by Crippen LogP contribution is -2.48. The fourth-order valence-electron chi connectivity index (χ4n) is 2.34. The van der Waals surface area contributed by atoms with Crippen LogP contribution in [-0.2, 0) is 14.8 Å². The van der Waals surface area contributed by atoms with Crippen LogP contribution < -0.4 is 9.62 Å². The molecule has 0 aromatic heterocycles. The van der Waals surface area contributed by atoms with E-state index in [1.807, 2.05) is 20.8 Å². The topological polar surface area (TPSA) is 66.5 Å². The van der Waals surface area contributed by atoms with Crippen LogP contribution in [0.25, 0.3) is 0 Å². The zero-order valence-electron chi connectivity index (χ0n) is 15.4. The summed E-state index contributed by atoms with van der Waals surface area (Å²) in [5, 5.41) is 3.12. The number of nitrogens with zero attached hydrogens (tertiary/aromatic N) is 1. The molecular weight excluding hydrogens is 407 g/mol. The number of benzene rings is 2. The molecular formula is C19H22Cl2N2O3S. The SMILES string of the molecule is CCC(C)(C)NC(=O)CN(c1cccc(Cl)c1Cl)S(=O)(=O)c1ccccc1. The lowest BCUT2D eigenvalue weighted by Gasteiger charge is -2.29. The standard InChI is InChI=1S/C19H22Cl2N2O3S/c1-4-19(2,3)22-17(24)13-23(16-12-8-11-15(20)18(16)21)27(25,26)14-9-6-5-7-10-14/h5-12H,4,13H2,1-3H3,(H,22,24). The van der Waals surface area contributed by atoms with Crippen molar-refractivity contribution in [3.63, 3.8) is 0 Å². The first-order valence-corrected chi connectivity index (χ1v) is 10.6. The summed E-state index contributed by atoms with van der Waals surface area (Å²) in [6.07, 6.45) is 0.697. The van der Waals surface area contributed by atoms with Crippen LogP contribution in [0.4, 0.5) is 5.69 Å². The summed E-state index contributed by atoms with van der Waals surface area (Å²) in [4.78, 5) is 12.6. The smallest absolute Gasteiger partial charge is 0.264 e. The van der Waals surface area contributed by atoms with E-state index in [0.717, 1.165) is 4.31 Å². The minimum atomic E-state index is -4.02. The van der Waals surface area contributed by atoms with Gasteiger partial charge in [-0.25, -0.2) is 8.42 Å². The Morgan fingerprint density at radius 1 is 1.07 bits per heavy atom. The number of halogens is 2. The van der Waals surface area contributed by atoms with Gasteiger partial charge in [0.05, 0.1) is 20.6 Å². The first-order valence-electron chi connectivity index (χ1n) is 8.41. The monoisotopic (exact) mass is 428 g/mol. The maximum absolute atomic E-state index is 13.2. The molecule has 0 heterocycles. The van der Waals surface area contributed by atoms with Crippen molar-refractivity contribution >= 4 is 44.8 Å². The van der Waals surface area contributed by atoms with E-state index in [1.165, 1.54) is 18.2 Å². The minimum Gasteiger partial charge on any atom is -0.350 e. The Bertz CT molecular complexity index is 916. The van der Waals surface area contributed by atoms with Crippen LogP contribution in [0.5, 0.6) is 0 Å². The van der Waals surface area contributed by atoms with Gasteiger partial charge in [-0.1, -0.05) is 54.4 Å². The van der Waals surface area contributed by atoms with E-state index in [2.05, 4.69) is 5.32 Å². The lowest BCUT2D eigenvalue weighted by atomic mass is 10.0. The number of carbonyl (C=O) groups is 1. The molecule has 0 aliphatic rings. The predicted octanol–water partition coefficient (Wildman–Crippen LogP) is 4.49. The van der Waals surface area contributed by atoms with Crippen LogP contribution in [0, 0.1) is 0 Å². The number of hydrogen-bond acceptors (Lipinski definition) is 3. The highest BCUT2D eigenvalue weighted by molar-refractivity contribution is 7.92. The van der Waals surface area contributed by atoms with E-state index in [1.54, 1.807) is 30.3 Å². The maximum atomic E-state index is 13.2. The highest BCUT2D eigenvalue weighted by Crippen LogP contribution is 2.35. The van der Waals surface area contributed by atoms with Gasteiger partial charge in [-0.05, 0) is 44.5 Å². The van der Waals surface area contributed by atoms with Crippen LogP contribution in [0.15, 0.2) is 53.4 Å². The van der Waals surface area contributed by atoms with Crippen molar-refractivity contribution in [1.29, 1.82) is 0 Å². The van der Waals surface area contributed by atoms with Gasteiger partial charge in [-0.15, -0.1) is 0 Å². The fraction of sp³-hybridized carbons (Fsp3) is 0.316. The predicted molar refractivity (Wildman–Crippen MR) is 110 cm³/mol. The number of amides is 1. The molecule has 146 valence electrons. The van der Waals surface area contributed by atoms with Gasteiger partial charge in [-0.2, -0.15) is 0 Å². The molecule has 8 heteroatoms. The molecule has 0 atom stereocenters. The molecule has 5 nitrogen and oxygen atoms in total. The summed E-state index contributed by atoms with van der Waals surface area (Å²) >= 11 is 12.3. The van der Waals surface area contributed by atoms with Crippen molar-refractivity contribution in [2.75, 3.05) is 10.8 Å². The highest BCUT2D eigenvalue weighted by atomic mass is 35.5. The minimum absolute atomic E-state index is 0.0589. The first kappa shape index (κ1) is 21.5. The van der Waals surface area contributed by atoms with Crippen molar-refractivity contribution < 1.29 is 13.2 Å². The number of sulfonamides is 1. The number of rotatable bonds is 7. The second-order valence-corrected chi connectivity index (χ2v) is 9.33. The molecule has 27 heavy (non-hydrogen) atoms. The summed E-state index contributed by atoms with van der Waals surface area (Å²) in [5.41, 5.74) is -0.310. The molecule has 1 N–H and O–H groups in total. The highest BCUT2D eigenvalue weighted by Gasteiger charge is 2.30. The molecule has 2 aromatic carbocycles. The molecule has 0 radical (unpaired) electrons. The summed E-state index contributed by atoms with van der Waals surface area (Å²) in [5.74, 6) is -0.433. The van der Waals surface area contributed by atoms with Gasteiger partial charge in [-0.3, -0.25) is 9.10 Å². The van der Waals surface area contributed by atoms with Crippen molar-refractivity contribution in [3.8, 4) is 0 Å². The van der Waals surface area contributed by atoms with Crippen LogP contribution in [0.1, 0.15) is 27.2 Å². The number of nitrogens with one attached hydrogen (secondary N) is 1. The summed E-state index contributed by atoms with van der Waals surface area (Å²) in [6, 6.07) is 12.5. The van der Waals surface area contributed by atoms with Gasteiger partial charge >= 0.3 is 0 Å². The summed E-state index contributed by atoms with van der Waals surface area (Å²) < 4.78 is 27.4. The van der Waals surface area contributed by atoms with Crippen LogP contribution in [0.2, 0.25) is 10.0 Å². The van der Waals surface area contributed by atoms with Gasteiger partial charge in [0.1, 0.15) is 6.54 Å². The maximum Gasteiger partial charge on any atom is 0.264 e. The van der Waals surface area contributed by atoms with Crippen molar-refractivity contribution in [1.82, 2.24) is 5.32 Å². The average Bonchev–Trinajstić information content (AvgIpc) is 2.62. The van der Waals surface area contributed by atoms with Crippen molar-refractivity contribution in [2.24, 2.45) is 0 Å². The Hall–Kier alpha value is -1.76. The Labute approximate surface area is 170 Å². The van der Waals surface area contributed by atoms with E-state index < -0.39 is 28.0 Å². The fourth-order valence-corrected chi connectivity index (χ4v) is 4.24. The average molecular weight is 429 g/mol. The number of anilines is 1. The molecule has 0 saturated heterocycles. The van der Waals surface area contributed by atoms with Crippen molar-refractivity contribution in [3.05, 3.63) is 58.6 Å². The van der Waals surface area contributed by atoms with Gasteiger partial charge in [0.25, 0.3) is 10.0 Å². The Balaban J connectivity index is 2.50. The molecule has 2 aromatic rings. The molecule has 0 aliphatic heterocycles. The second-order valence-electron chi connectivity index (χ2n) is 6.68. The van der Waals surface area contributed by atoms with Gasteiger partial charge in [0, 0.05) is 5.54 Å². The second kappa shape index (κ2) is 8.50. The molecule has 0 saturated carbocycles. The van der Waals surface area contributed by atoms with Gasteiger partial charge in [0.2, 0.25) is 5.91 Å². The molecule has 2 rings (SSSR count). The normalized spacial score (nSPS) is 11.9. The van der Waals surface area contributed by atoms with Crippen LogP contribution >= 0.6 is 23.2 Å². The lowest BCUT2D eigenvalue weighted by molar-refractivity contribution is -0.121. The molecule has 0 spiro atoms. The van der Waals surface area contributed by atoms with Gasteiger partial charge < -0.3 is 5.32 Å². The third-order valence-corrected chi connectivity index (χ3v) is 6.76. The van der Waals surface area contributed by atoms with Gasteiger partial charge in [0.15, 0.2) is 0 Å². The van der Waals surface area contributed by atoms with Crippen molar-refractivity contribution in [2.45, 2.75) is 37.6 Å². The number of hydrogen-bond donors (Lipinski definition) is 1. The van der Waals surface area contributed by atoms with E-state index in [4.69, 9.17) is 23.2 Å². The van der Waals surface area contributed by atoms with E-state index in [9.17, 15) is 13.2 Å². The summed E-state index contributed by atoms with van der Waals surface area (Å²) in [7, 11) is -4.02. The Morgan fingerprint density at radius 2 is 1.70 bits per heavy atom. The van der Waals surface area contributed by atoms with E-state index in [-0.39, 0.29) is 20.6 Å². The third kappa shape index (κ3) is 5.15. The Morgan fingerprint density at radius 3 is 2.30 bits per heavy atom. The summed E-state index contributed by atoms with van der Waals surface area (Å²) in [6.45, 7) is 5.26. The molecule has 0 unspecified atom stereocenters. The zero-order valence-corrected chi connectivity index (χ0v) is 17.7. The zero-order chi connectivity index (χ0) is 20.2. The molecule has 0 bridgehead atoms. The molecule has 0 aliphatic carbocycles. The third-order valence-electron chi connectivity index (χ3n) is 4.18. The van der Waals surface area contributed by atoms with Crippen LogP contribution in [-0.4, -0.2) is 26.4 Å².